The van der Waals surface area contributed by atoms with Crippen molar-refractivity contribution in [2.24, 2.45) is 7.05 Å². The summed E-state index contributed by atoms with van der Waals surface area (Å²) in [5, 5.41) is 4.35. The molecule has 2 aromatic carbocycles. The molecule has 1 aliphatic rings. The van der Waals surface area contributed by atoms with Crippen molar-refractivity contribution in [3.8, 4) is 17.2 Å². The SMILES string of the molecule is CCOc1c(F)ccc2c1c(CCNCCc1ccc3c(c1)OCO3)cn2C. The number of hydrogen-bond donors (Lipinski definition) is 1. The van der Waals surface area contributed by atoms with Crippen LogP contribution in [0.5, 0.6) is 17.2 Å². The summed E-state index contributed by atoms with van der Waals surface area (Å²) < 4.78 is 32.6. The van der Waals surface area contributed by atoms with Crippen LogP contribution in [0.15, 0.2) is 36.5 Å². The fourth-order valence-electron chi connectivity index (χ4n) is 3.67. The average Bonchev–Trinajstić information content (AvgIpc) is 3.28. The van der Waals surface area contributed by atoms with Crippen LogP contribution in [0.25, 0.3) is 10.9 Å². The Labute approximate surface area is 164 Å². The summed E-state index contributed by atoms with van der Waals surface area (Å²) in [6.45, 7) is 4.28. The first-order valence-electron chi connectivity index (χ1n) is 9.66. The summed E-state index contributed by atoms with van der Waals surface area (Å²) in [6.07, 6.45) is 3.78. The molecule has 0 bridgehead atoms. The molecule has 1 aliphatic heterocycles. The second kappa shape index (κ2) is 8.10. The number of ether oxygens (including phenoxy) is 3. The van der Waals surface area contributed by atoms with E-state index in [4.69, 9.17) is 14.2 Å². The number of hydrogen-bond acceptors (Lipinski definition) is 4. The largest absolute Gasteiger partial charge is 0.490 e. The van der Waals surface area contributed by atoms with Crippen molar-refractivity contribution < 1.29 is 18.6 Å². The molecular formula is C22H25FN2O3. The summed E-state index contributed by atoms with van der Waals surface area (Å²) in [5.74, 6) is 1.68. The third-order valence-corrected chi connectivity index (χ3v) is 5.03. The Morgan fingerprint density at radius 1 is 1.11 bits per heavy atom. The molecule has 0 saturated heterocycles. The quantitative estimate of drug-likeness (QED) is 0.600. The molecule has 0 unspecified atom stereocenters. The number of rotatable bonds is 8. The summed E-state index contributed by atoms with van der Waals surface area (Å²) in [5.41, 5.74) is 3.29. The molecule has 1 N–H and O–H groups in total. The Kier molecular flexibility index (Phi) is 5.39. The molecule has 0 saturated carbocycles. The van der Waals surface area contributed by atoms with Crippen molar-refractivity contribution in [2.45, 2.75) is 19.8 Å². The number of nitrogens with one attached hydrogen (secondary N) is 1. The Hall–Kier alpha value is -2.73. The van der Waals surface area contributed by atoms with E-state index in [2.05, 4.69) is 17.6 Å². The smallest absolute Gasteiger partial charge is 0.231 e. The van der Waals surface area contributed by atoms with Gasteiger partial charge in [-0.1, -0.05) is 6.07 Å². The molecule has 6 heteroatoms. The fourth-order valence-corrected chi connectivity index (χ4v) is 3.67. The molecule has 0 fully saturated rings. The van der Waals surface area contributed by atoms with E-state index in [1.807, 2.05) is 36.7 Å². The van der Waals surface area contributed by atoms with Crippen molar-refractivity contribution in [3.63, 3.8) is 0 Å². The maximum absolute atomic E-state index is 14.3. The van der Waals surface area contributed by atoms with Crippen molar-refractivity contribution in [2.75, 3.05) is 26.5 Å². The summed E-state index contributed by atoms with van der Waals surface area (Å²) in [6, 6.07) is 9.34. The van der Waals surface area contributed by atoms with Crippen molar-refractivity contribution in [1.29, 1.82) is 0 Å². The monoisotopic (exact) mass is 384 g/mol. The van der Waals surface area contributed by atoms with Crippen LogP contribution in [0.3, 0.4) is 0 Å². The molecule has 28 heavy (non-hydrogen) atoms. The molecule has 0 spiro atoms. The van der Waals surface area contributed by atoms with Crippen LogP contribution in [-0.4, -0.2) is 31.1 Å². The van der Waals surface area contributed by atoms with Gasteiger partial charge in [0.05, 0.1) is 12.1 Å². The van der Waals surface area contributed by atoms with Crippen LogP contribution < -0.4 is 19.5 Å². The lowest BCUT2D eigenvalue weighted by Gasteiger charge is -2.09. The van der Waals surface area contributed by atoms with E-state index in [1.165, 1.54) is 11.6 Å². The normalized spacial score (nSPS) is 12.7. The molecular weight excluding hydrogens is 359 g/mol. The minimum absolute atomic E-state index is 0.298. The number of halogens is 1. The van der Waals surface area contributed by atoms with Gasteiger partial charge in [-0.25, -0.2) is 4.39 Å². The van der Waals surface area contributed by atoms with E-state index in [1.54, 1.807) is 0 Å². The molecule has 4 rings (SSSR count). The number of aryl methyl sites for hydroxylation is 1. The minimum atomic E-state index is -0.308. The lowest BCUT2D eigenvalue weighted by molar-refractivity contribution is 0.174. The fraction of sp³-hybridized carbons (Fsp3) is 0.364. The zero-order valence-electron chi connectivity index (χ0n) is 16.3. The Morgan fingerprint density at radius 3 is 2.79 bits per heavy atom. The lowest BCUT2D eigenvalue weighted by Crippen LogP contribution is -2.20. The second-order valence-corrected chi connectivity index (χ2v) is 6.91. The van der Waals surface area contributed by atoms with E-state index < -0.39 is 0 Å². The molecule has 5 nitrogen and oxygen atoms in total. The molecule has 1 aromatic heterocycles. The van der Waals surface area contributed by atoms with Gasteiger partial charge in [-0.2, -0.15) is 0 Å². The number of aromatic nitrogens is 1. The first kappa shape index (κ1) is 18.6. The summed E-state index contributed by atoms with van der Waals surface area (Å²) in [4.78, 5) is 0. The Balaban J connectivity index is 1.37. The van der Waals surface area contributed by atoms with Gasteiger partial charge in [0, 0.05) is 18.6 Å². The molecule has 0 amide bonds. The number of nitrogens with zero attached hydrogens (tertiary/aromatic N) is 1. The highest BCUT2D eigenvalue weighted by molar-refractivity contribution is 5.90. The highest BCUT2D eigenvalue weighted by atomic mass is 19.1. The van der Waals surface area contributed by atoms with Crippen LogP contribution in [0.4, 0.5) is 4.39 Å². The van der Waals surface area contributed by atoms with Gasteiger partial charge in [0.25, 0.3) is 0 Å². The van der Waals surface area contributed by atoms with E-state index in [0.29, 0.717) is 19.1 Å². The third-order valence-electron chi connectivity index (χ3n) is 5.03. The molecule has 0 atom stereocenters. The maximum Gasteiger partial charge on any atom is 0.231 e. The number of benzene rings is 2. The Morgan fingerprint density at radius 2 is 1.93 bits per heavy atom. The van der Waals surface area contributed by atoms with Gasteiger partial charge >= 0.3 is 0 Å². The standard InChI is InChI=1S/C22H25FN2O3/c1-3-26-22-17(23)5-6-18-21(22)16(13-25(18)2)9-11-24-10-8-15-4-7-19-20(12-15)28-14-27-19/h4-7,12-13,24H,3,8-11,14H2,1-2H3. The van der Waals surface area contributed by atoms with Crippen molar-refractivity contribution in [3.05, 3.63) is 53.5 Å². The van der Waals surface area contributed by atoms with Crippen molar-refractivity contribution in [1.82, 2.24) is 9.88 Å². The predicted molar refractivity (Wildman–Crippen MR) is 107 cm³/mol. The molecule has 0 aliphatic carbocycles. The van der Waals surface area contributed by atoms with Crippen LogP contribution in [-0.2, 0) is 19.9 Å². The average molecular weight is 384 g/mol. The first-order valence-corrected chi connectivity index (χ1v) is 9.66. The van der Waals surface area contributed by atoms with Crippen LogP contribution in [0.2, 0.25) is 0 Å². The molecule has 0 radical (unpaired) electrons. The minimum Gasteiger partial charge on any atom is -0.490 e. The van der Waals surface area contributed by atoms with Crippen LogP contribution in [0, 0.1) is 5.82 Å². The van der Waals surface area contributed by atoms with Gasteiger partial charge in [0.2, 0.25) is 6.79 Å². The zero-order valence-corrected chi connectivity index (χ0v) is 16.3. The van der Waals surface area contributed by atoms with E-state index in [9.17, 15) is 4.39 Å². The van der Waals surface area contributed by atoms with Gasteiger partial charge < -0.3 is 24.1 Å². The third kappa shape index (κ3) is 3.64. The zero-order chi connectivity index (χ0) is 19.5. The predicted octanol–water partition coefficient (Wildman–Crippen LogP) is 3.82. The van der Waals surface area contributed by atoms with Gasteiger partial charge in [-0.15, -0.1) is 0 Å². The molecule has 148 valence electrons. The number of fused-ring (bicyclic) bond motifs is 2. The highest BCUT2D eigenvalue weighted by Crippen LogP contribution is 2.34. The second-order valence-electron chi connectivity index (χ2n) is 6.91. The van der Waals surface area contributed by atoms with Gasteiger partial charge in [-0.05, 0) is 68.2 Å². The summed E-state index contributed by atoms with van der Waals surface area (Å²) >= 11 is 0. The summed E-state index contributed by atoms with van der Waals surface area (Å²) in [7, 11) is 1.98. The lowest BCUT2D eigenvalue weighted by atomic mass is 10.1. The maximum atomic E-state index is 14.3. The molecule has 3 aromatic rings. The topological polar surface area (TPSA) is 44.6 Å². The van der Waals surface area contributed by atoms with E-state index in [0.717, 1.165) is 53.9 Å². The van der Waals surface area contributed by atoms with E-state index in [-0.39, 0.29) is 5.82 Å². The Bertz CT molecular complexity index is 984. The van der Waals surface area contributed by atoms with E-state index >= 15 is 0 Å². The molecule has 2 heterocycles. The van der Waals surface area contributed by atoms with Gasteiger partial charge in [-0.3, -0.25) is 0 Å². The van der Waals surface area contributed by atoms with Crippen molar-refractivity contribution >= 4 is 10.9 Å². The van der Waals surface area contributed by atoms with Gasteiger partial charge in [0.1, 0.15) is 0 Å². The first-order chi connectivity index (χ1) is 13.7. The van der Waals surface area contributed by atoms with Crippen LogP contribution >= 0.6 is 0 Å². The van der Waals surface area contributed by atoms with Crippen LogP contribution in [0.1, 0.15) is 18.1 Å². The van der Waals surface area contributed by atoms with Gasteiger partial charge in [0.15, 0.2) is 23.1 Å². The highest BCUT2D eigenvalue weighted by Gasteiger charge is 2.16.